The molecule has 3 rings (SSSR count). The zero-order valence-corrected chi connectivity index (χ0v) is 18.4. The lowest BCUT2D eigenvalue weighted by Gasteiger charge is -2.19. The van der Waals surface area contributed by atoms with Crippen LogP contribution in [-0.2, 0) is 16.1 Å². The molecule has 0 saturated heterocycles. The van der Waals surface area contributed by atoms with Gasteiger partial charge in [-0.25, -0.2) is 4.98 Å². The normalized spacial score (nSPS) is 11.8. The molecule has 0 amide bonds. The zero-order chi connectivity index (χ0) is 20.3. The Bertz CT molecular complexity index is 996. The number of halogens is 2. The van der Waals surface area contributed by atoms with Crippen molar-refractivity contribution in [1.29, 1.82) is 0 Å². The van der Waals surface area contributed by atoms with Gasteiger partial charge in [-0.05, 0) is 57.5 Å². The highest BCUT2D eigenvalue weighted by Crippen LogP contribution is 2.36. The highest BCUT2D eigenvalue weighted by atomic mass is 35.5. The molecule has 0 saturated carbocycles. The largest absolute Gasteiger partial charge is 0.460 e. The van der Waals surface area contributed by atoms with Gasteiger partial charge in [-0.2, -0.15) is 0 Å². The van der Waals surface area contributed by atoms with E-state index in [4.69, 9.17) is 32.9 Å². The molecule has 0 spiro atoms. The third-order valence-corrected chi connectivity index (χ3v) is 5.63. The maximum Gasteiger partial charge on any atom is 0.306 e. The van der Waals surface area contributed by atoms with Gasteiger partial charge in [0.15, 0.2) is 5.16 Å². The lowest BCUT2D eigenvalue weighted by atomic mass is 10.2. The van der Waals surface area contributed by atoms with Crippen molar-refractivity contribution in [2.75, 3.05) is 0 Å². The fraction of sp³-hybridized carbons (Fsp3) is 0.333. The predicted octanol–water partition coefficient (Wildman–Crippen LogP) is 6.62. The van der Waals surface area contributed by atoms with E-state index in [2.05, 4.69) is 4.57 Å². The van der Waals surface area contributed by atoms with Crippen molar-refractivity contribution in [2.24, 2.45) is 0 Å². The van der Waals surface area contributed by atoms with Crippen molar-refractivity contribution in [3.05, 3.63) is 52.5 Å². The monoisotopic (exact) mass is 436 g/mol. The molecule has 0 unspecified atom stereocenters. The van der Waals surface area contributed by atoms with Crippen LogP contribution in [0.5, 0.6) is 0 Å². The molecule has 0 N–H and O–H groups in total. The van der Waals surface area contributed by atoms with Gasteiger partial charge in [-0.1, -0.05) is 47.1 Å². The third kappa shape index (κ3) is 5.43. The molecular formula is C21H22Cl2N2O2S. The Morgan fingerprint density at radius 1 is 1.18 bits per heavy atom. The van der Waals surface area contributed by atoms with E-state index in [1.807, 2.05) is 57.2 Å². The Hall–Kier alpha value is -1.69. The predicted molar refractivity (Wildman–Crippen MR) is 115 cm³/mol. The van der Waals surface area contributed by atoms with E-state index in [1.54, 1.807) is 6.07 Å². The number of carbonyl (C=O) groups excluding carboxylic acids is 1. The molecule has 0 atom stereocenters. The van der Waals surface area contributed by atoms with Gasteiger partial charge in [0, 0.05) is 22.9 Å². The summed E-state index contributed by atoms with van der Waals surface area (Å²) in [5.41, 5.74) is 1.47. The van der Waals surface area contributed by atoms with E-state index in [0.717, 1.165) is 21.1 Å². The van der Waals surface area contributed by atoms with Crippen LogP contribution < -0.4 is 0 Å². The molecule has 0 bridgehead atoms. The molecule has 0 radical (unpaired) electrons. The van der Waals surface area contributed by atoms with E-state index < -0.39 is 5.60 Å². The Morgan fingerprint density at radius 3 is 2.64 bits per heavy atom. The third-order valence-electron chi connectivity index (χ3n) is 3.90. The van der Waals surface area contributed by atoms with Crippen LogP contribution in [-0.4, -0.2) is 21.1 Å². The van der Waals surface area contributed by atoms with Gasteiger partial charge in [0.2, 0.25) is 0 Å². The van der Waals surface area contributed by atoms with Crippen molar-refractivity contribution in [2.45, 2.75) is 55.8 Å². The van der Waals surface area contributed by atoms with E-state index >= 15 is 0 Å². The van der Waals surface area contributed by atoms with Crippen LogP contribution in [0.3, 0.4) is 0 Å². The summed E-state index contributed by atoms with van der Waals surface area (Å²) in [6.45, 7) is 6.28. The number of hydrogen-bond acceptors (Lipinski definition) is 4. The molecule has 7 heteroatoms. The maximum atomic E-state index is 12.0. The smallest absolute Gasteiger partial charge is 0.306 e. The number of fused-ring (bicyclic) bond motifs is 1. The number of ether oxygens (including phenoxy) is 1. The molecule has 2 aromatic carbocycles. The lowest BCUT2D eigenvalue weighted by molar-refractivity contribution is -0.154. The summed E-state index contributed by atoms with van der Waals surface area (Å²) >= 11 is 13.8. The highest BCUT2D eigenvalue weighted by Gasteiger charge is 2.17. The molecule has 3 aromatic rings. The molecule has 1 heterocycles. The van der Waals surface area contributed by atoms with Crippen LogP contribution in [0, 0.1) is 0 Å². The average molecular weight is 437 g/mol. The summed E-state index contributed by atoms with van der Waals surface area (Å²) in [4.78, 5) is 17.7. The van der Waals surface area contributed by atoms with Crippen LogP contribution in [0.1, 0.15) is 33.6 Å². The summed E-state index contributed by atoms with van der Waals surface area (Å²) in [7, 11) is 0. The number of aromatic nitrogens is 2. The minimum Gasteiger partial charge on any atom is -0.460 e. The van der Waals surface area contributed by atoms with Crippen LogP contribution in [0.4, 0.5) is 0 Å². The maximum absolute atomic E-state index is 12.0. The van der Waals surface area contributed by atoms with Gasteiger partial charge >= 0.3 is 5.97 Å². The summed E-state index contributed by atoms with van der Waals surface area (Å²) in [6, 6.07) is 13.4. The number of imidazole rings is 1. The molecular weight excluding hydrogens is 415 g/mol. The van der Waals surface area contributed by atoms with Crippen LogP contribution in [0.25, 0.3) is 11.0 Å². The molecule has 4 nitrogen and oxygen atoms in total. The summed E-state index contributed by atoms with van der Waals surface area (Å²) in [5, 5.41) is 2.01. The summed E-state index contributed by atoms with van der Waals surface area (Å²) in [6.07, 6.45) is 1.02. The summed E-state index contributed by atoms with van der Waals surface area (Å²) < 4.78 is 7.52. The number of benzene rings is 2. The number of nitrogens with zero attached hydrogens (tertiary/aromatic N) is 2. The first-order valence-electron chi connectivity index (χ1n) is 9.03. The van der Waals surface area contributed by atoms with Crippen LogP contribution in [0.2, 0.25) is 10.0 Å². The van der Waals surface area contributed by atoms with E-state index in [1.165, 1.54) is 11.8 Å². The second kappa shape index (κ2) is 8.76. The minimum atomic E-state index is -0.467. The SMILES string of the molecule is CC(C)(C)OC(=O)CCCn1c(Sc2ccc(Cl)cc2Cl)nc2ccccc21. The second-order valence-corrected chi connectivity index (χ2v) is 9.25. The van der Waals surface area contributed by atoms with Crippen LogP contribution >= 0.6 is 35.0 Å². The molecule has 0 aliphatic heterocycles. The van der Waals surface area contributed by atoms with Gasteiger partial charge in [0.1, 0.15) is 5.60 Å². The Balaban J connectivity index is 1.80. The fourth-order valence-corrected chi connectivity index (χ4v) is 4.24. The van der Waals surface area contributed by atoms with Crippen LogP contribution in [0.15, 0.2) is 52.5 Å². The second-order valence-electron chi connectivity index (χ2n) is 7.40. The number of hydrogen-bond donors (Lipinski definition) is 0. The van der Waals surface area contributed by atoms with Crippen molar-refractivity contribution in [3.8, 4) is 0 Å². The van der Waals surface area contributed by atoms with Gasteiger partial charge in [-0.3, -0.25) is 4.79 Å². The van der Waals surface area contributed by atoms with Gasteiger partial charge in [0.25, 0.3) is 0 Å². The van der Waals surface area contributed by atoms with Crippen molar-refractivity contribution >= 4 is 52.0 Å². The first-order valence-corrected chi connectivity index (χ1v) is 10.6. The average Bonchev–Trinajstić information content (AvgIpc) is 2.93. The van der Waals surface area contributed by atoms with Gasteiger partial charge in [0.05, 0.1) is 16.1 Å². The fourth-order valence-electron chi connectivity index (χ4n) is 2.78. The lowest BCUT2D eigenvalue weighted by Crippen LogP contribution is -2.23. The Labute approximate surface area is 179 Å². The number of esters is 1. The molecule has 1 aromatic heterocycles. The zero-order valence-electron chi connectivity index (χ0n) is 16.0. The first-order chi connectivity index (χ1) is 13.2. The molecule has 0 aliphatic rings. The quantitative estimate of drug-likeness (QED) is 0.407. The number of rotatable bonds is 6. The molecule has 0 aliphatic carbocycles. The minimum absolute atomic E-state index is 0.188. The van der Waals surface area contributed by atoms with Gasteiger partial charge < -0.3 is 9.30 Å². The number of para-hydroxylation sites is 2. The first kappa shape index (κ1) is 21.0. The number of aryl methyl sites for hydroxylation is 1. The Kier molecular flexibility index (Phi) is 6.58. The summed E-state index contributed by atoms with van der Waals surface area (Å²) in [5.74, 6) is -0.188. The van der Waals surface area contributed by atoms with Gasteiger partial charge in [-0.15, -0.1) is 0 Å². The molecule has 148 valence electrons. The van der Waals surface area contributed by atoms with E-state index in [-0.39, 0.29) is 5.97 Å². The molecule has 0 fully saturated rings. The topological polar surface area (TPSA) is 44.1 Å². The number of carbonyl (C=O) groups is 1. The van der Waals surface area contributed by atoms with E-state index in [9.17, 15) is 4.79 Å². The van der Waals surface area contributed by atoms with Crippen molar-refractivity contribution < 1.29 is 9.53 Å². The standard InChI is InChI=1S/C21H22Cl2N2O2S/c1-21(2,3)27-19(26)9-6-12-25-17-8-5-4-7-16(17)24-20(25)28-18-11-10-14(22)13-15(18)23/h4-5,7-8,10-11,13H,6,9,12H2,1-3H3. The highest BCUT2D eigenvalue weighted by molar-refractivity contribution is 7.99. The van der Waals surface area contributed by atoms with Crippen molar-refractivity contribution in [1.82, 2.24) is 9.55 Å². The Morgan fingerprint density at radius 2 is 1.93 bits per heavy atom. The van der Waals surface area contributed by atoms with E-state index in [0.29, 0.717) is 29.4 Å². The molecule has 28 heavy (non-hydrogen) atoms. The van der Waals surface area contributed by atoms with Crippen molar-refractivity contribution in [3.63, 3.8) is 0 Å².